The highest BCUT2D eigenvalue weighted by molar-refractivity contribution is 7.22. The molecule has 1 aliphatic heterocycles. The van der Waals surface area contributed by atoms with E-state index >= 15 is 0 Å². The smallest absolute Gasteiger partial charge is 0.186 e. The van der Waals surface area contributed by atoms with Crippen LogP contribution >= 0.6 is 0 Å². The molecule has 0 saturated carbocycles. The third kappa shape index (κ3) is 6.50. The maximum absolute atomic E-state index is 3.11. The number of rotatable bonds is 9. The largest absolute Gasteiger partial charge is 0.310 e. The summed E-state index contributed by atoms with van der Waals surface area (Å²) >= 11 is 0. The summed E-state index contributed by atoms with van der Waals surface area (Å²) in [6, 6.07) is 100. The van der Waals surface area contributed by atoms with E-state index in [0.29, 0.717) is 0 Å². The fourth-order valence-electron chi connectivity index (χ4n) is 10.4. The van der Waals surface area contributed by atoms with Gasteiger partial charge in [0.25, 0.3) is 0 Å². The fraction of sp³-hybridized carbons (Fsp3) is 0. The molecule has 11 aromatic rings. The first kappa shape index (κ1) is 39.2. The Hall–Kier alpha value is -8.44. The highest BCUT2D eigenvalue weighted by Crippen LogP contribution is 2.45. The molecule has 0 spiro atoms. The van der Waals surface area contributed by atoms with Crippen LogP contribution < -0.4 is 30.5 Å². The maximum Gasteiger partial charge on any atom is 0.186 e. The lowest BCUT2D eigenvalue weighted by atomic mass is 10.0. The van der Waals surface area contributed by atoms with E-state index in [9.17, 15) is 0 Å². The normalized spacial score (nSPS) is 12.6. The summed E-state index contributed by atoms with van der Waals surface area (Å²) in [5, 5.41) is 6.65. The molecule has 0 bridgehead atoms. The SMILES string of the molecule is c1ccc(-c2ccc(N(c3ccc(-c4ccccc4)cc3)c3ccc4c(c3)c3c(n4-c4ccccc4)N(c4ccccc4)c4ccccc4[Si]3(c3ccccc3)c3ccccc3)cc2)cc1. The quantitative estimate of drug-likeness (QED) is 0.134. The van der Waals surface area contributed by atoms with E-state index in [4.69, 9.17) is 0 Å². The first-order valence-corrected chi connectivity index (χ1v) is 24.7. The molecule has 1 aliphatic rings. The van der Waals surface area contributed by atoms with E-state index in [0.717, 1.165) is 34.0 Å². The second kappa shape index (κ2) is 16.6. The number of hydrogen-bond acceptors (Lipinski definition) is 2. The van der Waals surface area contributed by atoms with Gasteiger partial charge in [-0.1, -0.05) is 200 Å². The van der Waals surface area contributed by atoms with Gasteiger partial charge in [0.1, 0.15) is 5.82 Å². The lowest BCUT2D eigenvalue weighted by Crippen LogP contribution is -2.77. The monoisotopic (exact) mass is 859 g/mol. The Balaban J connectivity index is 1.19. The molecule has 12 rings (SSSR count). The van der Waals surface area contributed by atoms with Crippen molar-refractivity contribution in [1.29, 1.82) is 0 Å². The second-order valence-electron chi connectivity index (χ2n) is 16.9. The molecule has 0 unspecified atom stereocenters. The Kier molecular flexibility index (Phi) is 9.85. The average Bonchev–Trinajstić information content (AvgIpc) is 3.74. The number of benzene rings is 10. The summed E-state index contributed by atoms with van der Waals surface area (Å²) in [5.74, 6) is 1.17. The average molecular weight is 860 g/mol. The van der Waals surface area contributed by atoms with Gasteiger partial charge in [0, 0.05) is 44.7 Å². The minimum atomic E-state index is -3.11. The predicted molar refractivity (Wildman–Crippen MR) is 281 cm³/mol. The highest BCUT2D eigenvalue weighted by atomic mass is 28.3. The van der Waals surface area contributed by atoms with E-state index in [-0.39, 0.29) is 0 Å². The van der Waals surface area contributed by atoms with Gasteiger partial charge in [0.2, 0.25) is 0 Å². The van der Waals surface area contributed by atoms with Crippen LogP contribution in [-0.2, 0) is 0 Å². The molecule has 312 valence electrons. The molecule has 0 radical (unpaired) electrons. The van der Waals surface area contributed by atoms with Gasteiger partial charge in [0.05, 0.1) is 5.52 Å². The summed E-state index contributed by atoms with van der Waals surface area (Å²) in [4.78, 5) is 4.95. The molecule has 3 nitrogen and oxygen atoms in total. The summed E-state index contributed by atoms with van der Waals surface area (Å²) in [5.41, 5.74) is 12.6. The minimum absolute atomic E-state index is 1.09. The summed E-state index contributed by atoms with van der Waals surface area (Å²) in [7, 11) is -3.11. The predicted octanol–water partition coefficient (Wildman–Crippen LogP) is 13.6. The molecule has 0 aliphatic carbocycles. The van der Waals surface area contributed by atoms with Gasteiger partial charge < -0.3 is 4.90 Å². The molecular weight excluding hydrogens is 815 g/mol. The second-order valence-corrected chi connectivity index (χ2v) is 20.6. The Labute approximate surface area is 387 Å². The van der Waals surface area contributed by atoms with Gasteiger partial charge in [-0.3, -0.25) is 9.47 Å². The third-order valence-corrected chi connectivity index (χ3v) is 18.1. The van der Waals surface area contributed by atoms with E-state index < -0.39 is 8.07 Å². The Bertz CT molecular complexity index is 3310. The molecule has 4 heteroatoms. The molecular formula is C62H45N3Si. The Morgan fingerprint density at radius 1 is 0.333 bits per heavy atom. The van der Waals surface area contributed by atoms with Crippen molar-refractivity contribution in [3.05, 3.63) is 273 Å². The van der Waals surface area contributed by atoms with Crippen molar-refractivity contribution in [3.63, 3.8) is 0 Å². The van der Waals surface area contributed by atoms with Gasteiger partial charge in [-0.05, 0) is 111 Å². The zero-order chi connectivity index (χ0) is 43.9. The zero-order valence-corrected chi connectivity index (χ0v) is 37.3. The van der Waals surface area contributed by atoms with Crippen LogP contribution in [0.1, 0.15) is 0 Å². The molecule has 0 saturated heterocycles. The van der Waals surface area contributed by atoms with Gasteiger partial charge in [0.15, 0.2) is 8.07 Å². The number of fused-ring (bicyclic) bond motifs is 4. The molecule has 0 fully saturated rings. The van der Waals surface area contributed by atoms with Crippen molar-refractivity contribution in [2.75, 3.05) is 9.80 Å². The topological polar surface area (TPSA) is 11.4 Å². The lowest BCUT2D eigenvalue weighted by Gasteiger charge is -2.44. The number of aromatic nitrogens is 1. The van der Waals surface area contributed by atoms with Crippen LogP contribution in [0.2, 0.25) is 0 Å². The number of hydrogen-bond donors (Lipinski definition) is 0. The Morgan fingerprint density at radius 2 is 0.742 bits per heavy atom. The van der Waals surface area contributed by atoms with Crippen molar-refractivity contribution in [1.82, 2.24) is 4.57 Å². The van der Waals surface area contributed by atoms with Crippen LogP contribution in [0, 0.1) is 0 Å². The van der Waals surface area contributed by atoms with Gasteiger partial charge in [-0.25, -0.2) is 0 Å². The Morgan fingerprint density at radius 3 is 1.26 bits per heavy atom. The standard InChI is InChI=1S/C62H45N3Si/c1-7-21-46(22-8-1)48-35-39-52(40-36-48)63(53-41-37-49(38-42-53)47-23-9-2-10-24-47)54-43-44-58-57(45-54)61-62(64(58)50-25-11-3-12-26-50)65(51-27-13-4-14-28-51)59-33-19-20-34-60(59)66(61,55-29-15-5-16-30-55)56-31-17-6-18-32-56/h1-45H. The van der Waals surface area contributed by atoms with Crippen LogP contribution in [0.3, 0.4) is 0 Å². The number of nitrogens with zero attached hydrogens (tertiary/aromatic N) is 3. The van der Waals surface area contributed by atoms with Crippen LogP contribution in [0.15, 0.2) is 273 Å². The molecule has 0 amide bonds. The summed E-state index contributed by atoms with van der Waals surface area (Å²) in [6.07, 6.45) is 0. The molecule has 66 heavy (non-hydrogen) atoms. The van der Waals surface area contributed by atoms with Crippen molar-refractivity contribution >= 4 is 74.0 Å². The maximum atomic E-state index is 2.53. The molecule has 2 heterocycles. The highest BCUT2D eigenvalue weighted by Gasteiger charge is 2.52. The van der Waals surface area contributed by atoms with Crippen LogP contribution in [0.5, 0.6) is 0 Å². The third-order valence-electron chi connectivity index (χ3n) is 13.2. The van der Waals surface area contributed by atoms with Gasteiger partial charge >= 0.3 is 0 Å². The first-order valence-electron chi connectivity index (χ1n) is 22.7. The number of anilines is 6. The molecule has 0 N–H and O–H groups in total. The molecule has 0 atom stereocenters. The molecule has 10 aromatic carbocycles. The number of para-hydroxylation sites is 3. The van der Waals surface area contributed by atoms with Crippen LogP contribution in [0.25, 0.3) is 38.8 Å². The van der Waals surface area contributed by atoms with E-state index in [2.05, 4.69) is 287 Å². The summed E-state index contributed by atoms with van der Waals surface area (Å²) in [6.45, 7) is 0. The first-order chi connectivity index (χ1) is 32.8. The van der Waals surface area contributed by atoms with Crippen molar-refractivity contribution in [3.8, 4) is 27.9 Å². The fourth-order valence-corrected chi connectivity index (χ4v) is 15.6. The van der Waals surface area contributed by atoms with Crippen LogP contribution in [-0.4, -0.2) is 12.6 Å². The lowest BCUT2D eigenvalue weighted by molar-refractivity contribution is 1.08. The van der Waals surface area contributed by atoms with Gasteiger partial charge in [-0.2, -0.15) is 0 Å². The van der Waals surface area contributed by atoms with E-state index in [1.165, 1.54) is 59.9 Å². The van der Waals surface area contributed by atoms with E-state index in [1.54, 1.807) is 0 Å². The van der Waals surface area contributed by atoms with Gasteiger partial charge in [-0.15, -0.1) is 0 Å². The molecule has 1 aromatic heterocycles. The summed E-state index contributed by atoms with van der Waals surface area (Å²) < 4.78 is 2.53. The van der Waals surface area contributed by atoms with Crippen molar-refractivity contribution in [2.24, 2.45) is 0 Å². The van der Waals surface area contributed by atoms with E-state index in [1.807, 2.05) is 0 Å². The zero-order valence-electron chi connectivity index (χ0n) is 36.3. The minimum Gasteiger partial charge on any atom is -0.310 e. The van der Waals surface area contributed by atoms with Crippen molar-refractivity contribution < 1.29 is 0 Å². The van der Waals surface area contributed by atoms with Crippen molar-refractivity contribution in [2.45, 2.75) is 0 Å². The van der Waals surface area contributed by atoms with Crippen LogP contribution in [0.4, 0.5) is 34.3 Å².